The van der Waals surface area contributed by atoms with Gasteiger partial charge < -0.3 is 9.84 Å². The topological polar surface area (TPSA) is 63.6 Å². The van der Waals surface area contributed by atoms with Gasteiger partial charge >= 0.3 is 11.9 Å². The fraction of sp³-hybridized carbons (Fsp3) is 0.939. The number of carboxylic acids is 1. The molecule has 0 amide bonds. The van der Waals surface area contributed by atoms with Gasteiger partial charge in [0, 0.05) is 12.8 Å². The van der Waals surface area contributed by atoms with Gasteiger partial charge in [-0.05, 0) is 38.5 Å². The molecular formula is C33H64O4. The van der Waals surface area contributed by atoms with Crippen LogP contribution in [-0.4, -0.2) is 23.1 Å². The van der Waals surface area contributed by atoms with Crippen LogP contribution in [0.15, 0.2) is 0 Å². The lowest BCUT2D eigenvalue weighted by atomic mass is 10.0. The van der Waals surface area contributed by atoms with Crippen molar-refractivity contribution < 1.29 is 19.4 Å². The molecule has 0 aromatic heterocycles. The lowest BCUT2D eigenvalue weighted by molar-refractivity contribution is -0.150. The zero-order valence-corrected chi connectivity index (χ0v) is 25.0. The van der Waals surface area contributed by atoms with E-state index in [-0.39, 0.29) is 18.5 Å². The summed E-state index contributed by atoms with van der Waals surface area (Å²) >= 11 is 0. The molecule has 1 N–H and O–H groups in total. The molecule has 1 unspecified atom stereocenters. The molecule has 0 aromatic rings. The molecule has 0 radical (unpaired) electrons. The van der Waals surface area contributed by atoms with Gasteiger partial charge in [0.05, 0.1) is 0 Å². The SMILES string of the molecule is CCCCCCCCCCCCC(=O)OC(CCCCCCCCCCC)CCCCCCCC(=O)O. The van der Waals surface area contributed by atoms with Gasteiger partial charge in [-0.15, -0.1) is 0 Å². The maximum Gasteiger partial charge on any atom is 0.306 e. The normalized spacial score (nSPS) is 12.1. The van der Waals surface area contributed by atoms with E-state index in [1.165, 1.54) is 103 Å². The van der Waals surface area contributed by atoms with E-state index in [1.807, 2.05) is 0 Å². The van der Waals surface area contributed by atoms with Gasteiger partial charge in [-0.2, -0.15) is 0 Å². The Kier molecular flexibility index (Phi) is 28.7. The summed E-state index contributed by atoms with van der Waals surface area (Å²) in [5.74, 6) is -0.697. The number of unbranched alkanes of at least 4 members (excludes halogenated alkanes) is 21. The van der Waals surface area contributed by atoms with Crippen molar-refractivity contribution in [2.45, 2.75) is 200 Å². The fourth-order valence-electron chi connectivity index (χ4n) is 5.13. The van der Waals surface area contributed by atoms with Crippen molar-refractivity contribution in [1.29, 1.82) is 0 Å². The number of carbonyl (C=O) groups excluding carboxylic acids is 1. The molecule has 0 heterocycles. The average Bonchev–Trinajstić information content (AvgIpc) is 2.87. The van der Waals surface area contributed by atoms with Gasteiger partial charge in [0.2, 0.25) is 0 Å². The minimum Gasteiger partial charge on any atom is -0.481 e. The third-order valence-electron chi connectivity index (χ3n) is 7.58. The zero-order chi connectivity index (χ0) is 27.2. The highest BCUT2D eigenvalue weighted by atomic mass is 16.5. The summed E-state index contributed by atoms with van der Waals surface area (Å²) in [6.07, 6.45) is 32.5. The molecule has 0 rings (SSSR count). The van der Waals surface area contributed by atoms with E-state index in [2.05, 4.69) is 13.8 Å². The Bertz CT molecular complexity index is 491. The summed E-state index contributed by atoms with van der Waals surface area (Å²) in [5.41, 5.74) is 0. The second-order valence-electron chi connectivity index (χ2n) is 11.4. The van der Waals surface area contributed by atoms with Crippen molar-refractivity contribution >= 4 is 11.9 Å². The highest BCUT2D eigenvalue weighted by molar-refractivity contribution is 5.69. The minimum atomic E-state index is -0.699. The Morgan fingerprint density at radius 3 is 1.19 bits per heavy atom. The Morgan fingerprint density at radius 2 is 0.811 bits per heavy atom. The molecule has 0 aliphatic heterocycles. The molecule has 0 spiro atoms. The molecule has 0 bridgehead atoms. The molecular weight excluding hydrogens is 460 g/mol. The molecule has 220 valence electrons. The minimum absolute atomic E-state index is 0.00180. The van der Waals surface area contributed by atoms with Gasteiger partial charge in [-0.3, -0.25) is 9.59 Å². The zero-order valence-electron chi connectivity index (χ0n) is 25.0. The summed E-state index contributed by atoms with van der Waals surface area (Å²) in [5, 5.41) is 8.76. The highest BCUT2D eigenvalue weighted by Crippen LogP contribution is 2.19. The summed E-state index contributed by atoms with van der Waals surface area (Å²) in [6.45, 7) is 4.53. The van der Waals surface area contributed by atoms with Gasteiger partial charge in [0.25, 0.3) is 0 Å². The van der Waals surface area contributed by atoms with Gasteiger partial charge in [-0.25, -0.2) is 0 Å². The van der Waals surface area contributed by atoms with E-state index in [4.69, 9.17) is 9.84 Å². The number of carboxylic acid groups (broad SMARTS) is 1. The predicted molar refractivity (Wildman–Crippen MR) is 158 cm³/mol. The standard InChI is InChI=1S/C33H64O4/c1-3-5-7-9-11-13-15-17-22-26-30-33(36)37-31(28-24-20-18-21-25-29-32(34)35)27-23-19-16-14-12-10-8-6-4-2/h31H,3-30H2,1-2H3,(H,34,35). The van der Waals surface area contributed by atoms with Crippen molar-refractivity contribution in [3.8, 4) is 0 Å². The molecule has 0 aliphatic rings. The smallest absolute Gasteiger partial charge is 0.306 e. The van der Waals surface area contributed by atoms with E-state index in [9.17, 15) is 9.59 Å². The summed E-state index contributed by atoms with van der Waals surface area (Å²) in [4.78, 5) is 23.2. The van der Waals surface area contributed by atoms with E-state index < -0.39 is 5.97 Å². The molecule has 37 heavy (non-hydrogen) atoms. The number of esters is 1. The first-order valence-electron chi connectivity index (χ1n) is 16.5. The van der Waals surface area contributed by atoms with Crippen LogP contribution in [0.2, 0.25) is 0 Å². The van der Waals surface area contributed by atoms with Crippen LogP contribution in [0.4, 0.5) is 0 Å². The quantitative estimate of drug-likeness (QED) is 0.0749. The van der Waals surface area contributed by atoms with Crippen LogP contribution in [0.1, 0.15) is 194 Å². The molecule has 4 heteroatoms. The number of hydrogen-bond donors (Lipinski definition) is 1. The van der Waals surface area contributed by atoms with Crippen LogP contribution in [-0.2, 0) is 14.3 Å². The lowest BCUT2D eigenvalue weighted by Gasteiger charge is -2.18. The first-order valence-corrected chi connectivity index (χ1v) is 16.5. The van der Waals surface area contributed by atoms with Crippen LogP contribution < -0.4 is 0 Å². The van der Waals surface area contributed by atoms with E-state index in [0.717, 1.165) is 64.2 Å². The molecule has 0 fully saturated rings. The van der Waals surface area contributed by atoms with Crippen molar-refractivity contribution in [2.24, 2.45) is 0 Å². The van der Waals surface area contributed by atoms with Gasteiger partial charge in [-0.1, -0.05) is 142 Å². The lowest BCUT2D eigenvalue weighted by Crippen LogP contribution is -2.18. The first-order chi connectivity index (χ1) is 18.1. The highest BCUT2D eigenvalue weighted by Gasteiger charge is 2.14. The fourth-order valence-corrected chi connectivity index (χ4v) is 5.13. The largest absolute Gasteiger partial charge is 0.481 e. The Labute approximate surface area is 231 Å². The Balaban J connectivity index is 4.04. The molecule has 1 atom stereocenters. The third-order valence-corrected chi connectivity index (χ3v) is 7.58. The van der Waals surface area contributed by atoms with Crippen LogP contribution in [0.5, 0.6) is 0 Å². The predicted octanol–water partition coefficient (Wildman–Crippen LogP) is 10.9. The average molecular weight is 525 g/mol. The summed E-state index contributed by atoms with van der Waals surface area (Å²) < 4.78 is 5.95. The van der Waals surface area contributed by atoms with Crippen LogP contribution in [0.25, 0.3) is 0 Å². The van der Waals surface area contributed by atoms with Crippen LogP contribution in [0, 0.1) is 0 Å². The van der Waals surface area contributed by atoms with Crippen LogP contribution >= 0.6 is 0 Å². The summed E-state index contributed by atoms with van der Waals surface area (Å²) in [7, 11) is 0. The first kappa shape index (κ1) is 35.9. The number of ether oxygens (including phenoxy) is 1. The molecule has 0 aromatic carbocycles. The molecule has 0 saturated heterocycles. The molecule has 0 aliphatic carbocycles. The third kappa shape index (κ3) is 29.4. The van der Waals surface area contributed by atoms with E-state index in [1.54, 1.807) is 0 Å². The number of rotatable bonds is 30. The number of carbonyl (C=O) groups is 2. The number of hydrogen-bond acceptors (Lipinski definition) is 3. The Hall–Kier alpha value is -1.06. The van der Waals surface area contributed by atoms with Crippen molar-refractivity contribution in [2.75, 3.05) is 0 Å². The second-order valence-corrected chi connectivity index (χ2v) is 11.4. The van der Waals surface area contributed by atoms with E-state index >= 15 is 0 Å². The van der Waals surface area contributed by atoms with Crippen molar-refractivity contribution in [1.82, 2.24) is 0 Å². The molecule has 4 nitrogen and oxygen atoms in total. The van der Waals surface area contributed by atoms with Crippen LogP contribution in [0.3, 0.4) is 0 Å². The van der Waals surface area contributed by atoms with Crippen molar-refractivity contribution in [3.05, 3.63) is 0 Å². The van der Waals surface area contributed by atoms with Gasteiger partial charge in [0.1, 0.15) is 6.10 Å². The van der Waals surface area contributed by atoms with Crippen molar-refractivity contribution in [3.63, 3.8) is 0 Å². The second kappa shape index (κ2) is 29.5. The monoisotopic (exact) mass is 524 g/mol. The summed E-state index contributed by atoms with van der Waals surface area (Å²) in [6, 6.07) is 0. The maximum absolute atomic E-state index is 12.5. The maximum atomic E-state index is 12.5. The van der Waals surface area contributed by atoms with Gasteiger partial charge in [0.15, 0.2) is 0 Å². The number of aliphatic carboxylic acids is 1. The Morgan fingerprint density at radius 1 is 0.486 bits per heavy atom. The van der Waals surface area contributed by atoms with E-state index in [0.29, 0.717) is 6.42 Å². The molecule has 0 saturated carbocycles.